The van der Waals surface area contributed by atoms with Crippen molar-refractivity contribution < 1.29 is 4.52 Å². The first-order chi connectivity index (χ1) is 7.88. The molecule has 16 heavy (non-hydrogen) atoms. The lowest BCUT2D eigenvalue weighted by atomic mass is 10.1. The zero-order chi connectivity index (χ0) is 11.0. The first kappa shape index (κ1) is 9.57. The molecule has 2 N–H and O–H groups in total. The third-order valence-corrected chi connectivity index (χ3v) is 3.46. The molecule has 0 bridgehead atoms. The van der Waals surface area contributed by atoms with Gasteiger partial charge in [0, 0.05) is 27.8 Å². The summed E-state index contributed by atoms with van der Waals surface area (Å²) in [5, 5.41) is 7.21. The van der Waals surface area contributed by atoms with E-state index in [-0.39, 0.29) is 0 Å². The second kappa shape index (κ2) is 3.73. The lowest BCUT2D eigenvalue weighted by Crippen LogP contribution is -1.91. The second-order valence-corrected chi connectivity index (χ2v) is 4.53. The minimum Gasteiger partial charge on any atom is -0.356 e. The molecular weight excluding hydrogens is 220 g/mol. The number of para-hydroxylation sites is 1. The van der Waals surface area contributed by atoms with Gasteiger partial charge in [-0.15, -0.1) is 11.3 Å². The minimum atomic E-state index is 0.570. The van der Waals surface area contributed by atoms with E-state index < -0.39 is 0 Å². The van der Waals surface area contributed by atoms with Crippen LogP contribution in [0.4, 0.5) is 0 Å². The highest BCUT2D eigenvalue weighted by molar-refractivity contribution is 7.10. The van der Waals surface area contributed by atoms with E-state index in [1.165, 1.54) is 0 Å². The van der Waals surface area contributed by atoms with Crippen LogP contribution in [0.2, 0.25) is 0 Å². The maximum absolute atomic E-state index is 5.60. The molecule has 3 rings (SSSR count). The van der Waals surface area contributed by atoms with Gasteiger partial charge in [0.2, 0.25) is 0 Å². The van der Waals surface area contributed by atoms with Gasteiger partial charge >= 0.3 is 0 Å². The van der Waals surface area contributed by atoms with Gasteiger partial charge in [-0.05, 0) is 18.2 Å². The van der Waals surface area contributed by atoms with Crippen LogP contribution in [0.3, 0.4) is 0 Å². The summed E-state index contributed by atoms with van der Waals surface area (Å²) >= 11 is 1.65. The van der Waals surface area contributed by atoms with Crippen molar-refractivity contribution in [2.45, 2.75) is 6.54 Å². The molecule has 0 unspecified atom stereocenters. The quantitative estimate of drug-likeness (QED) is 0.736. The normalized spacial score (nSPS) is 11.1. The smallest absolute Gasteiger partial charge is 0.167 e. The highest BCUT2D eigenvalue weighted by Gasteiger charge is 2.10. The van der Waals surface area contributed by atoms with Crippen LogP contribution < -0.4 is 5.73 Å². The van der Waals surface area contributed by atoms with Crippen LogP contribution >= 0.6 is 11.3 Å². The number of hydrogen-bond acceptors (Lipinski definition) is 4. The van der Waals surface area contributed by atoms with Crippen LogP contribution in [0.5, 0.6) is 0 Å². The van der Waals surface area contributed by atoms with Crippen molar-refractivity contribution in [3.05, 3.63) is 40.6 Å². The Bertz CT molecular complexity index is 627. The standard InChI is InChI=1S/C12H10N2OS/c13-6-9-5-8(7-16-9)12-10-3-1-2-4-11(10)15-14-12/h1-5,7H,6,13H2. The number of aromatic nitrogens is 1. The first-order valence-corrected chi connectivity index (χ1v) is 5.88. The Labute approximate surface area is 96.5 Å². The topological polar surface area (TPSA) is 52.0 Å². The number of thiophene rings is 1. The van der Waals surface area contributed by atoms with Gasteiger partial charge in [0.05, 0.1) is 0 Å². The van der Waals surface area contributed by atoms with Crippen molar-refractivity contribution in [3.63, 3.8) is 0 Å². The molecule has 3 nitrogen and oxygen atoms in total. The van der Waals surface area contributed by atoms with Crippen molar-refractivity contribution in [2.75, 3.05) is 0 Å². The Kier molecular flexibility index (Phi) is 2.23. The molecule has 0 atom stereocenters. The predicted molar refractivity (Wildman–Crippen MR) is 65.2 cm³/mol. The average Bonchev–Trinajstić information content (AvgIpc) is 2.94. The molecule has 0 radical (unpaired) electrons. The highest BCUT2D eigenvalue weighted by Crippen LogP contribution is 2.30. The number of fused-ring (bicyclic) bond motifs is 1. The molecular formula is C12H10N2OS. The lowest BCUT2D eigenvalue weighted by Gasteiger charge is -1.90. The zero-order valence-electron chi connectivity index (χ0n) is 8.51. The largest absolute Gasteiger partial charge is 0.356 e. The number of hydrogen-bond donors (Lipinski definition) is 1. The van der Waals surface area contributed by atoms with E-state index in [2.05, 4.69) is 16.6 Å². The fourth-order valence-electron chi connectivity index (χ4n) is 1.71. The molecule has 4 heteroatoms. The van der Waals surface area contributed by atoms with Crippen LogP contribution in [0.15, 0.2) is 40.2 Å². The molecule has 3 aromatic rings. The molecule has 0 aliphatic rings. The number of nitrogens with two attached hydrogens (primary N) is 1. The van der Waals surface area contributed by atoms with Crippen LogP contribution in [-0.2, 0) is 6.54 Å². The van der Waals surface area contributed by atoms with E-state index in [0.717, 1.165) is 27.1 Å². The summed E-state index contributed by atoms with van der Waals surface area (Å²) in [7, 11) is 0. The van der Waals surface area contributed by atoms with E-state index in [1.54, 1.807) is 11.3 Å². The molecule has 2 aromatic heterocycles. The van der Waals surface area contributed by atoms with Crippen molar-refractivity contribution >= 4 is 22.3 Å². The molecule has 80 valence electrons. The summed E-state index contributed by atoms with van der Waals surface area (Å²) < 4.78 is 5.27. The Balaban J connectivity index is 2.18. The van der Waals surface area contributed by atoms with Crippen molar-refractivity contribution in [1.82, 2.24) is 5.16 Å². The molecule has 0 spiro atoms. The van der Waals surface area contributed by atoms with E-state index in [9.17, 15) is 0 Å². The fourth-order valence-corrected chi connectivity index (χ4v) is 2.46. The van der Waals surface area contributed by atoms with Gasteiger partial charge < -0.3 is 10.3 Å². The molecule has 0 saturated carbocycles. The maximum Gasteiger partial charge on any atom is 0.167 e. The van der Waals surface area contributed by atoms with E-state index in [0.29, 0.717) is 6.54 Å². The number of rotatable bonds is 2. The van der Waals surface area contributed by atoms with Gasteiger partial charge in [-0.25, -0.2) is 0 Å². The SMILES string of the molecule is NCc1cc(-c2noc3ccccc23)cs1. The summed E-state index contributed by atoms with van der Waals surface area (Å²) in [6.07, 6.45) is 0. The Hall–Kier alpha value is -1.65. The Morgan fingerprint density at radius 2 is 2.19 bits per heavy atom. The maximum atomic E-state index is 5.60. The molecule has 0 aliphatic heterocycles. The molecule has 1 aromatic carbocycles. The van der Waals surface area contributed by atoms with Crippen molar-refractivity contribution in [1.29, 1.82) is 0 Å². The van der Waals surface area contributed by atoms with E-state index in [4.69, 9.17) is 10.3 Å². The first-order valence-electron chi connectivity index (χ1n) is 5.01. The fraction of sp³-hybridized carbons (Fsp3) is 0.0833. The van der Waals surface area contributed by atoms with Gasteiger partial charge in [-0.2, -0.15) is 0 Å². The summed E-state index contributed by atoms with van der Waals surface area (Å²) in [6.45, 7) is 0.570. The van der Waals surface area contributed by atoms with Crippen LogP contribution in [-0.4, -0.2) is 5.16 Å². The van der Waals surface area contributed by atoms with Gasteiger partial charge in [0.1, 0.15) is 5.69 Å². The Morgan fingerprint density at radius 1 is 1.31 bits per heavy atom. The van der Waals surface area contributed by atoms with Gasteiger partial charge in [-0.3, -0.25) is 0 Å². The minimum absolute atomic E-state index is 0.570. The summed E-state index contributed by atoms with van der Waals surface area (Å²) in [4.78, 5) is 1.15. The molecule has 2 heterocycles. The highest BCUT2D eigenvalue weighted by atomic mass is 32.1. The van der Waals surface area contributed by atoms with Gasteiger partial charge in [0.15, 0.2) is 5.58 Å². The second-order valence-electron chi connectivity index (χ2n) is 3.53. The lowest BCUT2D eigenvalue weighted by molar-refractivity contribution is 0.459. The molecule has 0 aliphatic carbocycles. The van der Waals surface area contributed by atoms with Gasteiger partial charge in [-0.1, -0.05) is 17.3 Å². The molecule has 0 fully saturated rings. The number of nitrogens with zero attached hydrogens (tertiary/aromatic N) is 1. The van der Waals surface area contributed by atoms with Crippen LogP contribution in [0.25, 0.3) is 22.2 Å². The number of benzene rings is 1. The van der Waals surface area contributed by atoms with Crippen LogP contribution in [0.1, 0.15) is 4.88 Å². The average molecular weight is 230 g/mol. The van der Waals surface area contributed by atoms with Gasteiger partial charge in [0.25, 0.3) is 0 Å². The van der Waals surface area contributed by atoms with Crippen molar-refractivity contribution in [2.24, 2.45) is 5.73 Å². The van der Waals surface area contributed by atoms with E-state index >= 15 is 0 Å². The van der Waals surface area contributed by atoms with E-state index in [1.807, 2.05) is 24.3 Å². The van der Waals surface area contributed by atoms with Crippen molar-refractivity contribution in [3.8, 4) is 11.3 Å². The molecule has 0 saturated heterocycles. The third-order valence-electron chi connectivity index (χ3n) is 2.51. The predicted octanol–water partition coefficient (Wildman–Crippen LogP) is 3.02. The summed E-state index contributed by atoms with van der Waals surface area (Å²) in [5.41, 5.74) is 8.39. The summed E-state index contributed by atoms with van der Waals surface area (Å²) in [6, 6.07) is 9.92. The zero-order valence-corrected chi connectivity index (χ0v) is 9.33. The molecule has 0 amide bonds. The summed E-state index contributed by atoms with van der Waals surface area (Å²) in [5.74, 6) is 0. The Morgan fingerprint density at radius 3 is 3.00 bits per heavy atom. The third kappa shape index (κ3) is 1.43. The monoisotopic (exact) mass is 230 g/mol. The van der Waals surface area contributed by atoms with Crippen LogP contribution in [0, 0.1) is 0 Å².